The Bertz CT molecular complexity index is 1230. The molecule has 168 valence electrons. The number of hydrogen-bond acceptors (Lipinski definition) is 6. The van der Waals surface area contributed by atoms with Crippen LogP contribution in [0.1, 0.15) is 22.7 Å². The molecule has 2 aromatic carbocycles. The highest BCUT2D eigenvalue weighted by molar-refractivity contribution is 6.46. The number of pyridine rings is 1. The minimum Gasteiger partial charge on any atom is -0.507 e. The van der Waals surface area contributed by atoms with E-state index in [1.165, 1.54) is 49.5 Å². The Balaban J connectivity index is 1.91. The van der Waals surface area contributed by atoms with Gasteiger partial charge in [-0.25, -0.2) is 4.39 Å². The zero-order valence-electron chi connectivity index (χ0n) is 18.0. The summed E-state index contributed by atoms with van der Waals surface area (Å²) in [4.78, 5) is 31.6. The average molecular weight is 448 g/mol. The number of rotatable bonds is 6. The van der Waals surface area contributed by atoms with E-state index in [1.807, 2.05) is 0 Å². The summed E-state index contributed by atoms with van der Waals surface area (Å²) in [7, 11) is 2.90. The van der Waals surface area contributed by atoms with Crippen LogP contribution in [0.5, 0.6) is 11.5 Å². The number of carbonyl (C=O) groups excluding carboxylic acids is 2. The van der Waals surface area contributed by atoms with Crippen molar-refractivity contribution in [3.63, 3.8) is 0 Å². The van der Waals surface area contributed by atoms with E-state index in [4.69, 9.17) is 9.47 Å². The highest BCUT2D eigenvalue weighted by Gasteiger charge is 2.46. The monoisotopic (exact) mass is 448 g/mol. The molecule has 3 aromatic rings. The van der Waals surface area contributed by atoms with E-state index in [9.17, 15) is 19.1 Å². The molecule has 1 saturated heterocycles. The summed E-state index contributed by atoms with van der Waals surface area (Å²) in [5, 5.41) is 11.3. The normalized spacial score (nSPS) is 17.3. The maximum Gasteiger partial charge on any atom is 0.295 e. The van der Waals surface area contributed by atoms with Crippen LogP contribution in [0.2, 0.25) is 0 Å². The Morgan fingerprint density at radius 1 is 1.09 bits per heavy atom. The third-order valence-corrected chi connectivity index (χ3v) is 5.46. The molecule has 0 saturated carbocycles. The number of aliphatic hydroxyl groups is 1. The predicted molar refractivity (Wildman–Crippen MR) is 118 cm³/mol. The summed E-state index contributed by atoms with van der Waals surface area (Å²) in [6.45, 7) is 0.0759. The number of halogens is 1. The fourth-order valence-corrected chi connectivity index (χ4v) is 3.87. The number of aromatic nitrogens is 1. The number of ketones is 1. The SMILES string of the molecule is COc1ccc(OC)c(/C(O)=C2\C(=O)C(=O)N(Cc3cccnc3)C2c2ccc(F)cc2)c1. The van der Waals surface area contributed by atoms with Crippen molar-refractivity contribution in [3.05, 3.63) is 95.1 Å². The molecular weight excluding hydrogens is 427 g/mol. The van der Waals surface area contributed by atoms with Gasteiger partial charge in [0.05, 0.1) is 31.4 Å². The molecule has 1 aromatic heterocycles. The van der Waals surface area contributed by atoms with Crippen molar-refractivity contribution < 1.29 is 28.6 Å². The van der Waals surface area contributed by atoms with Crippen LogP contribution < -0.4 is 9.47 Å². The molecule has 1 atom stereocenters. The Kier molecular flexibility index (Phi) is 6.08. The van der Waals surface area contributed by atoms with Crippen LogP contribution in [0.25, 0.3) is 5.76 Å². The summed E-state index contributed by atoms with van der Waals surface area (Å²) < 4.78 is 24.2. The average Bonchev–Trinajstić information content (AvgIpc) is 3.09. The molecule has 4 rings (SSSR count). The molecule has 1 aliphatic heterocycles. The molecule has 2 heterocycles. The maximum absolute atomic E-state index is 13.6. The summed E-state index contributed by atoms with van der Waals surface area (Å²) >= 11 is 0. The van der Waals surface area contributed by atoms with Crippen molar-refractivity contribution in [3.8, 4) is 11.5 Å². The van der Waals surface area contributed by atoms with Gasteiger partial charge in [0, 0.05) is 18.9 Å². The number of nitrogens with zero attached hydrogens (tertiary/aromatic N) is 2. The van der Waals surface area contributed by atoms with E-state index >= 15 is 0 Å². The van der Waals surface area contributed by atoms with Crippen LogP contribution in [-0.4, -0.2) is 40.9 Å². The molecule has 1 amide bonds. The molecule has 1 fully saturated rings. The second-order valence-corrected chi connectivity index (χ2v) is 7.41. The fourth-order valence-electron chi connectivity index (χ4n) is 3.87. The highest BCUT2D eigenvalue weighted by Crippen LogP contribution is 2.42. The van der Waals surface area contributed by atoms with Gasteiger partial charge in [0.15, 0.2) is 0 Å². The molecule has 0 radical (unpaired) electrons. The lowest BCUT2D eigenvalue weighted by Crippen LogP contribution is -2.29. The van der Waals surface area contributed by atoms with Crippen molar-refractivity contribution in [1.29, 1.82) is 0 Å². The molecule has 0 spiro atoms. The summed E-state index contributed by atoms with van der Waals surface area (Å²) in [6.07, 6.45) is 3.19. The molecule has 33 heavy (non-hydrogen) atoms. The second kappa shape index (κ2) is 9.12. The van der Waals surface area contributed by atoms with Crippen LogP contribution in [-0.2, 0) is 16.1 Å². The molecule has 1 aliphatic rings. The molecular formula is C25H21FN2O5. The van der Waals surface area contributed by atoms with Crippen LogP contribution in [0.4, 0.5) is 4.39 Å². The van der Waals surface area contributed by atoms with Gasteiger partial charge in [-0.2, -0.15) is 0 Å². The van der Waals surface area contributed by atoms with Crippen LogP contribution >= 0.6 is 0 Å². The minimum atomic E-state index is -0.943. The number of benzene rings is 2. The highest BCUT2D eigenvalue weighted by atomic mass is 19.1. The van der Waals surface area contributed by atoms with Gasteiger partial charge < -0.3 is 19.5 Å². The molecule has 7 nitrogen and oxygen atoms in total. The number of likely N-dealkylation sites (tertiary alicyclic amines) is 1. The van der Waals surface area contributed by atoms with E-state index in [-0.39, 0.29) is 17.7 Å². The number of carbonyl (C=O) groups is 2. The first-order valence-corrected chi connectivity index (χ1v) is 10.1. The van der Waals surface area contributed by atoms with Gasteiger partial charge in [-0.1, -0.05) is 18.2 Å². The number of amides is 1. The predicted octanol–water partition coefficient (Wildman–Crippen LogP) is 3.86. The maximum atomic E-state index is 13.6. The summed E-state index contributed by atoms with van der Waals surface area (Å²) in [6, 6.07) is 12.8. The van der Waals surface area contributed by atoms with Gasteiger partial charge in [0.1, 0.15) is 23.1 Å². The van der Waals surface area contributed by atoms with E-state index in [1.54, 1.807) is 36.7 Å². The van der Waals surface area contributed by atoms with Gasteiger partial charge in [-0.3, -0.25) is 14.6 Å². The zero-order valence-corrected chi connectivity index (χ0v) is 18.0. The molecule has 0 bridgehead atoms. The first-order chi connectivity index (χ1) is 15.9. The van der Waals surface area contributed by atoms with Gasteiger partial charge in [-0.05, 0) is 47.5 Å². The summed E-state index contributed by atoms with van der Waals surface area (Å²) in [5.41, 5.74) is 1.25. The minimum absolute atomic E-state index is 0.0759. The van der Waals surface area contributed by atoms with Crippen molar-refractivity contribution in [2.45, 2.75) is 12.6 Å². The molecule has 1 N–H and O–H groups in total. The number of hydrogen-bond donors (Lipinski definition) is 1. The van der Waals surface area contributed by atoms with Crippen molar-refractivity contribution in [2.24, 2.45) is 0 Å². The van der Waals surface area contributed by atoms with E-state index in [0.717, 1.165) is 0 Å². The van der Waals surface area contributed by atoms with Gasteiger partial charge >= 0.3 is 0 Å². The lowest BCUT2D eigenvalue weighted by molar-refractivity contribution is -0.140. The number of ether oxygens (including phenoxy) is 2. The van der Waals surface area contributed by atoms with Crippen LogP contribution in [0.15, 0.2) is 72.6 Å². The number of aliphatic hydroxyl groups excluding tert-OH is 1. The van der Waals surface area contributed by atoms with E-state index < -0.39 is 29.3 Å². The van der Waals surface area contributed by atoms with Crippen molar-refractivity contribution in [2.75, 3.05) is 14.2 Å². The Morgan fingerprint density at radius 3 is 2.48 bits per heavy atom. The first kappa shape index (κ1) is 22.0. The molecule has 1 unspecified atom stereocenters. The van der Waals surface area contributed by atoms with E-state index in [0.29, 0.717) is 22.6 Å². The van der Waals surface area contributed by atoms with Crippen molar-refractivity contribution in [1.82, 2.24) is 9.88 Å². The Morgan fingerprint density at radius 2 is 1.85 bits per heavy atom. The van der Waals surface area contributed by atoms with E-state index in [2.05, 4.69) is 4.98 Å². The third-order valence-electron chi connectivity index (χ3n) is 5.46. The summed E-state index contributed by atoms with van der Waals surface area (Å²) in [5.74, 6) is -1.78. The van der Waals surface area contributed by atoms with Crippen LogP contribution in [0, 0.1) is 5.82 Å². The second-order valence-electron chi connectivity index (χ2n) is 7.41. The largest absolute Gasteiger partial charge is 0.507 e. The quantitative estimate of drug-likeness (QED) is 0.350. The van der Waals surface area contributed by atoms with Gasteiger partial charge in [0.2, 0.25) is 0 Å². The lowest BCUT2D eigenvalue weighted by atomic mass is 9.94. The van der Waals surface area contributed by atoms with Crippen molar-refractivity contribution >= 4 is 17.4 Å². The zero-order chi connectivity index (χ0) is 23.5. The Hall–Kier alpha value is -4.20. The lowest BCUT2D eigenvalue weighted by Gasteiger charge is -2.25. The third kappa shape index (κ3) is 4.15. The first-order valence-electron chi connectivity index (χ1n) is 10.1. The van der Waals surface area contributed by atoms with Gasteiger partial charge in [-0.15, -0.1) is 0 Å². The van der Waals surface area contributed by atoms with Gasteiger partial charge in [0.25, 0.3) is 11.7 Å². The topological polar surface area (TPSA) is 89.0 Å². The Labute approximate surface area is 189 Å². The fraction of sp³-hybridized carbons (Fsp3) is 0.160. The molecule has 8 heteroatoms. The number of Topliss-reactive ketones (excluding diaryl/α,β-unsaturated/α-hetero) is 1. The molecule has 0 aliphatic carbocycles. The standard InChI is InChI=1S/C25H21FN2O5/c1-32-18-9-10-20(33-2)19(12-18)23(29)21-22(16-5-7-17(26)8-6-16)28(25(31)24(21)30)14-15-4-3-11-27-13-15/h3-13,22,29H,14H2,1-2H3/b23-21+. The van der Waals surface area contributed by atoms with Crippen LogP contribution in [0.3, 0.4) is 0 Å². The number of methoxy groups -OCH3 is 2. The smallest absolute Gasteiger partial charge is 0.295 e.